The van der Waals surface area contributed by atoms with Gasteiger partial charge in [-0.2, -0.15) is 0 Å². The monoisotopic (exact) mass is 284 g/mol. The molecule has 0 rings (SSSR count). The van der Waals surface area contributed by atoms with Crippen molar-refractivity contribution in [3.8, 4) is 0 Å². The van der Waals surface area contributed by atoms with Crippen molar-refractivity contribution in [3.63, 3.8) is 0 Å². The Hall–Kier alpha value is -0.240. The summed E-state index contributed by atoms with van der Waals surface area (Å²) >= 11 is 0. The number of aliphatic hydroxyl groups excluding tert-OH is 5. The summed E-state index contributed by atoms with van der Waals surface area (Å²) in [5.74, 6) is 0. The molecule has 6 nitrogen and oxygen atoms in total. The second kappa shape index (κ2) is 22.9. The lowest BCUT2D eigenvalue weighted by atomic mass is 10.1. The maximum Gasteiger partial charge on any atom is 0.100 e. The van der Waals surface area contributed by atoms with Crippen LogP contribution in [-0.2, 0) is 0 Å². The molecule has 0 aromatic rings. The highest BCUT2D eigenvalue weighted by molar-refractivity contribution is 4.45. The van der Waals surface area contributed by atoms with E-state index in [0.717, 1.165) is 25.7 Å². The number of aliphatic hydroxyl groups is 5. The van der Waals surface area contributed by atoms with Crippen LogP contribution < -0.4 is 0 Å². The first kappa shape index (κ1) is 23.8. The van der Waals surface area contributed by atoms with Crippen molar-refractivity contribution in [2.75, 3.05) is 26.4 Å². The third-order valence-electron chi connectivity index (χ3n) is 2.49. The van der Waals surface area contributed by atoms with Crippen LogP contribution in [0.1, 0.15) is 51.4 Å². The van der Waals surface area contributed by atoms with E-state index in [1.165, 1.54) is 25.7 Å². The minimum Gasteiger partial charge on any atom is -0.412 e. The Morgan fingerprint density at radius 1 is 0.526 bits per heavy atom. The molecule has 0 spiro atoms. The molecule has 0 saturated carbocycles. The van der Waals surface area contributed by atoms with Gasteiger partial charge in [0.25, 0.3) is 0 Å². The molecule has 0 unspecified atom stereocenters. The van der Waals surface area contributed by atoms with Gasteiger partial charge < -0.3 is 31.0 Å². The van der Waals surface area contributed by atoms with Gasteiger partial charge in [0, 0.05) is 13.2 Å². The molecule has 0 radical (unpaired) electrons. The first-order valence-electron chi connectivity index (χ1n) is 6.84. The van der Waals surface area contributed by atoms with Gasteiger partial charge in [0.1, 0.15) is 6.10 Å². The molecular formula is C13H32O6. The number of unbranched alkanes of at least 4 members (excludes halogenated alkanes) is 7. The van der Waals surface area contributed by atoms with Gasteiger partial charge in [0.15, 0.2) is 0 Å². The lowest BCUT2D eigenvalue weighted by molar-refractivity contribution is 0.0450. The summed E-state index contributed by atoms with van der Waals surface area (Å²) in [6.07, 6.45) is 8.35. The van der Waals surface area contributed by atoms with Gasteiger partial charge in [0.2, 0.25) is 0 Å². The smallest absolute Gasteiger partial charge is 0.100 e. The Morgan fingerprint density at radius 2 is 0.789 bits per heavy atom. The first-order valence-corrected chi connectivity index (χ1v) is 6.84. The van der Waals surface area contributed by atoms with E-state index in [0.29, 0.717) is 13.2 Å². The van der Waals surface area contributed by atoms with E-state index in [2.05, 4.69) is 0 Å². The summed E-state index contributed by atoms with van der Waals surface area (Å²) in [7, 11) is 0. The molecule has 0 atom stereocenters. The minimum atomic E-state index is -0.954. The lowest BCUT2D eigenvalue weighted by Gasteiger charge is -1.99. The third kappa shape index (κ3) is 27.1. The molecule has 0 bridgehead atoms. The maximum absolute atomic E-state index is 8.51. The lowest BCUT2D eigenvalue weighted by Crippen LogP contribution is -2.15. The number of hydrogen-bond acceptors (Lipinski definition) is 5. The number of hydrogen-bond donors (Lipinski definition) is 5. The molecule has 0 fully saturated rings. The summed E-state index contributed by atoms with van der Waals surface area (Å²) in [5.41, 5.74) is 0. The van der Waals surface area contributed by atoms with Crippen molar-refractivity contribution < 1.29 is 31.0 Å². The van der Waals surface area contributed by atoms with Gasteiger partial charge in [0.05, 0.1) is 13.2 Å². The van der Waals surface area contributed by atoms with Crippen molar-refractivity contribution in [2.45, 2.75) is 57.5 Å². The van der Waals surface area contributed by atoms with Crippen LogP contribution in [0.25, 0.3) is 0 Å². The van der Waals surface area contributed by atoms with Crippen LogP contribution in [0.15, 0.2) is 0 Å². The fourth-order valence-corrected chi connectivity index (χ4v) is 1.34. The highest BCUT2D eigenvalue weighted by Crippen LogP contribution is 2.07. The van der Waals surface area contributed by atoms with Crippen LogP contribution in [-0.4, -0.2) is 63.5 Å². The van der Waals surface area contributed by atoms with Gasteiger partial charge in [-0.15, -0.1) is 0 Å². The molecule has 0 aliphatic heterocycles. The van der Waals surface area contributed by atoms with Crippen molar-refractivity contribution in [1.29, 1.82) is 0 Å². The van der Waals surface area contributed by atoms with E-state index in [-0.39, 0.29) is 18.7 Å². The second-order valence-electron chi connectivity index (χ2n) is 4.29. The molecule has 120 valence electrons. The Kier molecular flexibility index (Phi) is 28.7. The van der Waals surface area contributed by atoms with E-state index in [1.54, 1.807) is 0 Å². The van der Waals surface area contributed by atoms with E-state index < -0.39 is 6.10 Å². The average molecular weight is 284 g/mol. The highest BCUT2D eigenvalue weighted by Gasteiger charge is 1.93. The Balaban J connectivity index is -0.000000313. The predicted molar refractivity (Wildman–Crippen MR) is 74.9 cm³/mol. The molecule has 0 amide bonds. The quantitative estimate of drug-likeness (QED) is 0.329. The van der Waals surface area contributed by atoms with Crippen molar-refractivity contribution >= 4 is 0 Å². The predicted octanol–water partition coefficient (Wildman–Crippen LogP) is -0.401. The van der Waals surface area contributed by atoms with Crippen LogP contribution in [0.5, 0.6) is 0 Å². The summed E-state index contributed by atoms with van der Waals surface area (Å²) in [5, 5.41) is 41.0. The van der Waals surface area contributed by atoms with Crippen LogP contribution in [0.2, 0.25) is 0 Å². The van der Waals surface area contributed by atoms with E-state index >= 15 is 0 Å². The summed E-state index contributed by atoms with van der Waals surface area (Å²) in [4.78, 5) is 0. The third-order valence-corrected chi connectivity index (χ3v) is 2.49. The second-order valence-corrected chi connectivity index (χ2v) is 4.29. The fraction of sp³-hybridized carbons (Fsp3) is 1.00. The van der Waals surface area contributed by atoms with Gasteiger partial charge >= 0.3 is 0 Å². The van der Waals surface area contributed by atoms with E-state index in [1.807, 2.05) is 0 Å². The minimum absolute atomic E-state index is 0. The Bertz CT molecular complexity index is 120. The van der Waals surface area contributed by atoms with Gasteiger partial charge in [-0.05, 0) is 12.8 Å². The van der Waals surface area contributed by atoms with Gasteiger partial charge in [-0.3, -0.25) is 0 Å². The molecule has 0 aliphatic carbocycles. The zero-order valence-electron chi connectivity index (χ0n) is 11.8. The normalized spacial score (nSPS) is 9.79. The van der Waals surface area contributed by atoms with Crippen LogP contribution >= 0.6 is 0 Å². The highest BCUT2D eigenvalue weighted by atomic mass is 16.3. The average Bonchev–Trinajstić information content (AvgIpc) is 2.41. The first-order chi connectivity index (χ1) is 8.72. The van der Waals surface area contributed by atoms with Gasteiger partial charge in [-0.25, -0.2) is 0 Å². The topological polar surface area (TPSA) is 133 Å². The van der Waals surface area contributed by atoms with E-state index in [9.17, 15) is 0 Å². The number of rotatable bonds is 11. The molecule has 6 heteroatoms. The molecule has 19 heavy (non-hydrogen) atoms. The van der Waals surface area contributed by atoms with E-state index in [4.69, 9.17) is 25.5 Å². The maximum atomic E-state index is 8.51. The largest absolute Gasteiger partial charge is 0.412 e. The molecule has 0 aliphatic rings. The molecule has 0 heterocycles. The van der Waals surface area contributed by atoms with Gasteiger partial charge in [-0.1, -0.05) is 38.5 Å². The zero-order valence-corrected chi connectivity index (χ0v) is 11.8. The Morgan fingerprint density at radius 3 is 0.947 bits per heavy atom. The van der Waals surface area contributed by atoms with Crippen LogP contribution in [0, 0.1) is 0 Å². The molecule has 7 N–H and O–H groups in total. The van der Waals surface area contributed by atoms with Crippen molar-refractivity contribution in [1.82, 2.24) is 0 Å². The summed E-state index contributed by atoms with van der Waals surface area (Å²) in [6, 6.07) is 0. The summed E-state index contributed by atoms with van der Waals surface area (Å²) < 4.78 is 0. The van der Waals surface area contributed by atoms with Crippen LogP contribution in [0.4, 0.5) is 0 Å². The fourth-order valence-electron chi connectivity index (χ4n) is 1.34. The van der Waals surface area contributed by atoms with Crippen molar-refractivity contribution in [3.05, 3.63) is 0 Å². The summed E-state index contributed by atoms with van der Waals surface area (Å²) in [6.45, 7) is -0.0535. The standard InChI is InChI=1S/C10H22O2.C3H8O3.H2O/c11-9-7-5-3-1-2-4-6-8-10-12;4-1-3(6)2-5;/h11-12H,1-10H2;3-6H,1-2H2;1H2. The Labute approximate surface area is 116 Å². The molecule has 0 aromatic heterocycles. The SMILES string of the molecule is O.OCC(O)CO.OCCCCCCCCCCO. The zero-order chi connectivity index (χ0) is 14.1. The molecular weight excluding hydrogens is 252 g/mol. The molecule has 0 saturated heterocycles. The van der Waals surface area contributed by atoms with Crippen LogP contribution in [0.3, 0.4) is 0 Å². The molecule has 0 aromatic carbocycles. The van der Waals surface area contributed by atoms with Crippen molar-refractivity contribution in [2.24, 2.45) is 0 Å².